The Morgan fingerprint density at radius 3 is 2.77 bits per heavy atom. The Kier molecular flexibility index (Phi) is 3.65. The van der Waals surface area contributed by atoms with Gasteiger partial charge < -0.3 is 15.7 Å². The second kappa shape index (κ2) is 5.93. The summed E-state index contributed by atoms with van der Waals surface area (Å²) < 4.78 is 1.86. The molecule has 1 spiro atoms. The summed E-state index contributed by atoms with van der Waals surface area (Å²) in [6.07, 6.45) is 7.77. The molecule has 1 aliphatic heterocycles. The van der Waals surface area contributed by atoms with E-state index in [0.717, 1.165) is 43.4 Å². The zero-order chi connectivity index (χ0) is 17.7. The first kappa shape index (κ1) is 16.0. The van der Waals surface area contributed by atoms with Crippen LogP contribution in [0.1, 0.15) is 43.7 Å². The van der Waals surface area contributed by atoms with Gasteiger partial charge in [0, 0.05) is 30.2 Å². The number of aromatic nitrogens is 2. The van der Waals surface area contributed by atoms with Gasteiger partial charge in [-0.2, -0.15) is 5.10 Å². The smallest absolute Gasteiger partial charge is 0.235 e. The largest absolute Gasteiger partial charge is 0.391 e. The maximum atomic E-state index is 12.7. The Labute approximate surface area is 152 Å². The van der Waals surface area contributed by atoms with Gasteiger partial charge in [-0.15, -0.1) is 0 Å². The molecular formula is C20H24N4O2. The summed E-state index contributed by atoms with van der Waals surface area (Å²) >= 11 is 0. The van der Waals surface area contributed by atoms with Crippen LogP contribution in [-0.4, -0.2) is 39.0 Å². The zero-order valence-electron chi connectivity index (χ0n) is 14.6. The van der Waals surface area contributed by atoms with Crippen molar-refractivity contribution in [2.24, 2.45) is 0 Å². The van der Waals surface area contributed by atoms with E-state index in [9.17, 15) is 9.90 Å². The highest BCUT2D eigenvalue weighted by atomic mass is 16.3. The van der Waals surface area contributed by atoms with Gasteiger partial charge in [-0.05, 0) is 49.8 Å². The number of nitrogens with one attached hydrogen (secondary N) is 2. The van der Waals surface area contributed by atoms with E-state index >= 15 is 0 Å². The molecule has 3 N–H and O–H groups in total. The van der Waals surface area contributed by atoms with Crippen LogP contribution in [0.25, 0.3) is 0 Å². The van der Waals surface area contributed by atoms with E-state index in [1.807, 2.05) is 35.1 Å². The summed E-state index contributed by atoms with van der Waals surface area (Å²) in [5, 5.41) is 21.2. The van der Waals surface area contributed by atoms with Gasteiger partial charge in [-0.3, -0.25) is 9.48 Å². The number of rotatable bonds is 3. The van der Waals surface area contributed by atoms with Gasteiger partial charge in [0.25, 0.3) is 0 Å². The Bertz CT molecular complexity index is 811. The second-order valence-electron chi connectivity index (χ2n) is 7.91. The average molecular weight is 352 g/mol. The number of anilines is 1. The first-order valence-corrected chi connectivity index (χ1v) is 9.52. The predicted octanol–water partition coefficient (Wildman–Crippen LogP) is 1.98. The normalized spacial score (nSPS) is 35.8. The third-order valence-corrected chi connectivity index (χ3v) is 6.55. The van der Waals surface area contributed by atoms with Crippen LogP contribution in [0.2, 0.25) is 0 Å². The minimum Gasteiger partial charge on any atom is -0.391 e. The highest BCUT2D eigenvalue weighted by molar-refractivity contribution is 6.06. The van der Waals surface area contributed by atoms with Crippen molar-refractivity contribution in [1.29, 1.82) is 0 Å². The fourth-order valence-corrected chi connectivity index (χ4v) is 5.05. The molecule has 2 fully saturated rings. The minimum absolute atomic E-state index is 0.0105. The molecule has 0 saturated heterocycles. The van der Waals surface area contributed by atoms with E-state index in [1.54, 1.807) is 6.20 Å². The molecule has 6 heteroatoms. The fourth-order valence-electron chi connectivity index (χ4n) is 5.05. The van der Waals surface area contributed by atoms with Crippen molar-refractivity contribution in [2.75, 3.05) is 5.32 Å². The van der Waals surface area contributed by atoms with Gasteiger partial charge in [0.05, 0.1) is 17.6 Å². The molecular weight excluding hydrogens is 328 g/mol. The number of carbonyl (C=O) groups is 1. The maximum absolute atomic E-state index is 12.7. The third kappa shape index (κ3) is 2.32. The standard InChI is InChI=1S/C20H24N4O2/c25-17-12-16(18(17)24-11-3-10-21-24)22-13-6-8-20(9-7-13)14-4-1-2-5-15(14)23-19(20)26/h1-5,10-11,13,16-18,22,25H,6-9,12H2,(H,23,26)/t13?,16-,17+,18+,20?/m0/s1. The van der Waals surface area contributed by atoms with E-state index in [2.05, 4.69) is 21.8 Å². The number of carbonyl (C=O) groups excluding carboxylic acids is 1. The van der Waals surface area contributed by atoms with Crippen molar-refractivity contribution in [3.05, 3.63) is 48.3 Å². The highest BCUT2D eigenvalue weighted by Gasteiger charge is 2.49. The van der Waals surface area contributed by atoms with Crippen LogP contribution in [0.4, 0.5) is 5.69 Å². The topological polar surface area (TPSA) is 79.2 Å². The van der Waals surface area contributed by atoms with Gasteiger partial charge in [-0.1, -0.05) is 18.2 Å². The summed E-state index contributed by atoms with van der Waals surface area (Å²) in [4.78, 5) is 12.7. The number of aliphatic hydroxyl groups is 1. The first-order chi connectivity index (χ1) is 12.7. The monoisotopic (exact) mass is 352 g/mol. The first-order valence-electron chi connectivity index (χ1n) is 9.52. The molecule has 0 radical (unpaired) electrons. The van der Waals surface area contributed by atoms with E-state index in [1.165, 1.54) is 0 Å². The molecule has 1 aromatic carbocycles. The summed E-state index contributed by atoms with van der Waals surface area (Å²) in [5.41, 5.74) is 1.79. The average Bonchev–Trinajstić information content (AvgIpc) is 3.24. The number of fused-ring (bicyclic) bond motifs is 2. The second-order valence-corrected chi connectivity index (χ2v) is 7.91. The van der Waals surface area contributed by atoms with Gasteiger partial charge in [0.2, 0.25) is 5.91 Å². The van der Waals surface area contributed by atoms with Crippen molar-refractivity contribution in [3.63, 3.8) is 0 Å². The molecule has 5 rings (SSSR count). The molecule has 0 unspecified atom stereocenters. The van der Waals surface area contributed by atoms with Crippen LogP contribution >= 0.6 is 0 Å². The molecule has 26 heavy (non-hydrogen) atoms. The molecule has 6 nitrogen and oxygen atoms in total. The van der Waals surface area contributed by atoms with Gasteiger partial charge in [0.1, 0.15) is 0 Å². The van der Waals surface area contributed by atoms with Crippen LogP contribution in [0.15, 0.2) is 42.7 Å². The quantitative estimate of drug-likeness (QED) is 0.789. The molecule has 136 valence electrons. The van der Waals surface area contributed by atoms with Gasteiger partial charge in [-0.25, -0.2) is 0 Å². The molecule has 3 aliphatic rings. The Morgan fingerprint density at radius 2 is 2.04 bits per heavy atom. The van der Waals surface area contributed by atoms with Crippen molar-refractivity contribution >= 4 is 11.6 Å². The Morgan fingerprint density at radius 1 is 1.23 bits per heavy atom. The number of hydrogen-bond donors (Lipinski definition) is 3. The molecule has 1 amide bonds. The van der Waals surface area contributed by atoms with E-state index < -0.39 is 0 Å². The lowest BCUT2D eigenvalue weighted by atomic mass is 9.68. The van der Waals surface area contributed by atoms with Crippen LogP contribution < -0.4 is 10.6 Å². The van der Waals surface area contributed by atoms with E-state index in [0.29, 0.717) is 6.04 Å². The third-order valence-electron chi connectivity index (χ3n) is 6.55. The maximum Gasteiger partial charge on any atom is 0.235 e. The number of aliphatic hydroxyl groups excluding tert-OH is 1. The molecule has 2 heterocycles. The molecule has 2 saturated carbocycles. The lowest BCUT2D eigenvalue weighted by molar-refractivity contribution is -0.122. The Balaban J connectivity index is 1.26. The summed E-state index contributed by atoms with van der Waals surface area (Å²) in [5.74, 6) is 0.158. The van der Waals surface area contributed by atoms with Gasteiger partial charge >= 0.3 is 0 Å². The number of hydrogen-bond acceptors (Lipinski definition) is 4. The van der Waals surface area contributed by atoms with E-state index in [4.69, 9.17) is 0 Å². The van der Waals surface area contributed by atoms with Crippen LogP contribution in [0.5, 0.6) is 0 Å². The van der Waals surface area contributed by atoms with Crippen LogP contribution in [0.3, 0.4) is 0 Å². The molecule has 3 atom stereocenters. The van der Waals surface area contributed by atoms with Crippen molar-refractivity contribution < 1.29 is 9.90 Å². The number of para-hydroxylation sites is 1. The minimum atomic E-state index is -0.352. The summed E-state index contributed by atoms with van der Waals surface area (Å²) in [7, 11) is 0. The number of nitrogens with zero attached hydrogens (tertiary/aromatic N) is 2. The Hall–Kier alpha value is -2.18. The van der Waals surface area contributed by atoms with Crippen LogP contribution in [-0.2, 0) is 10.2 Å². The zero-order valence-corrected chi connectivity index (χ0v) is 14.6. The van der Waals surface area contributed by atoms with Crippen molar-refractivity contribution in [2.45, 2.75) is 61.7 Å². The SMILES string of the molecule is O=C1Nc2ccccc2C12CCC(N[C@H]1C[C@@H](O)[C@@H]1n1cccn1)CC2. The van der Waals surface area contributed by atoms with Gasteiger partial charge in [0.15, 0.2) is 0 Å². The summed E-state index contributed by atoms with van der Waals surface area (Å²) in [6, 6.07) is 10.6. The van der Waals surface area contributed by atoms with E-state index in [-0.39, 0.29) is 29.5 Å². The molecule has 1 aromatic heterocycles. The fraction of sp³-hybridized carbons (Fsp3) is 0.500. The van der Waals surface area contributed by atoms with Crippen molar-refractivity contribution in [3.8, 4) is 0 Å². The molecule has 0 bridgehead atoms. The predicted molar refractivity (Wildman–Crippen MR) is 97.8 cm³/mol. The number of amides is 1. The van der Waals surface area contributed by atoms with Crippen molar-refractivity contribution in [1.82, 2.24) is 15.1 Å². The number of benzene rings is 1. The molecule has 2 aromatic rings. The lowest BCUT2D eigenvalue weighted by Crippen LogP contribution is -2.58. The summed E-state index contributed by atoms with van der Waals surface area (Å²) in [6.45, 7) is 0. The lowest BCUT2D eigenvalue weighted by Gasteiger charge is -2.45. The molecule has 2 aliphatic carbocycles. The van der Waals surface area contributed by atoms with Crippen LogP contribution in [0, 0.1) is 0 Å². The highest BCUT2D eigenvalue weighted by Crippen LogP contribution is 2.47.